The first-order valence-electron chi connectivity index (χ1n) is 8.61. The SMILES string of the molecule is CCCOc1cc(NC(=O)c2ccc(F)cc2)c([N+](=O)[O-])cc1OCCC. The minimum absolute atomic E-state index is 0.0238. The van der Waals surface area contributed by atoms with E-state index in [4.69, 9.17) is 9.47 Å². The van der Waals surface area contributed by atoms with Crippen LogP contribution in [0.4, 0.5) is 15.8 Å². The second-order valence-corrected chi connectivity index (χ2v) is 5.73. The number of nitro groups is 1. The molecule has 0 aromatic heterocycles. The van der Waals surface area contributed by atoms with Gasteiger partial charge in [-0.25, -0.2) is 4.39 Å². The Morgan fingerprint density at radius 2 is 1.63 bits per heavy atom. The van der Waals surface area contributed by atoms with Crippen molar-refractivity contribution >= 4 is 17.3 Å². The molecule has 0 radical (unpaired) electrons. The third-order valence-corrected chi connectivity index (χ3v) is 3.54. The number of hydrogen-bond donors (Lipinski definition) is 1. The van der Waals surface area contributed by atoms with Crippen molar-refractivity contribution in [3.63, 3.8) is 0 Å². The predicted molar refractivity (Wildman–Crippen MR) is 99.0 cm³/mol. The molecular formula is C19H21FN2O5. The van der Waals surface area contributed by atoms with Gasteiger partial charge >= 0.3 is 0 Å². The van der Waals surface area contributed by atoms with E-state index in [0.29, 0.717) is 19.0 Å². The quantitative estimate of drug-likeness (QED) is 0.512. The maximum Gasteiger partial charge on any atom is 0.296 e. The largest absolute Gasteiger partial charge is 0.490 e. The number of nitrogens with one attached hydrogen (secondary N) is 1. The number of carbonyl (C=O) groups is 1. The standard InChI is InChI=1S/C19H21FN2O5/c1-3-9-26-17-11-15(16(22(24)25)12-18(17)27-10-4-2)21-19(23)13-5-7-14(20)8-6-13/h5-8,11-12H,3-4,9-10H2,1-2H3,(H,21,23). The van der Waals surface area contributed by atoms with Gasteiger partial charge in [0.25, 0.3) is 11.6 Å². The Morgan fingerprint density at radius 3 is 2.15 bits per heavy atom. The lowest BCUT2D eigenvalue weighted by molar-refractivity contribution is -0.384. The summed E-state index contributed by atoms with van der Waals surface area (Å²) in [4.78, 5) is 23.2. The Balaban J connectivity index is 2.38. The average molecular weight is 376 g/mol. The smallest absolute Gasteiger partial charge is 0.296 e. The first-order valence-corrected chi connectivity index (χ1v) is 8.61. The molecule has 0 spiro atoms. The van der Waals surface area contributed by atoms with E-state index in [1.807, 2.05) is 13.8 Å². The Kier molecular flexibility index (Phi) is 7.10. The summed E-state index contributed by atoms with van der Waals surface area (Å²) in [7, 11) is 0. The fourth-order valence-corrected chi connectivity index (χ4v) is 2.25. The zero-order valence-corrected chi connectivity index (χ0v) is 15.2. The van der Waals surface area contributed by atoms with Crippen LogP contribution in [0.15, 0.2) is 36.4 Å². The van der Waals surface area contributed by atoms with Crippen LogP contribution in [0.2, 0.25) is 0 Å². The van der Waals surface area contributed by atoms with Gasteiger partial charge in [-0.1, -0.05) is 13.8 Å². The maximum absolute atomic E-state index is 13.0. The van der Waals surface area contributed by atoms with Crippen molar-refractivity contribution in [1.29, 1.82) is 0 Å². The molecule has 1 amide bonds. The molecule has 0 saturated carbocycles. The van der Waals surface area contributed by atoms with Gasteiger partial charge in [-0.2, -0.15) is 0 Å². The average Bonchev–Trinajstić information content (AvgIpc) is 2.65. The maximum atomic E-state index is 13.0. The Morgan fingerprint density at radius 1 is 1.07 bits per heavy atom. The van der Waals surface area contributed by atoms with Crippen LogP contribution in [0.3, 0.4) is 0 Å². The van der Waals surface area contributed by atoms with Crippen molar-refractivity contribution in [1.82, 2.24) is 0 Å². The van der Waals surface area contributed by atoms with E-state index in [9.17, 15) is 19.3 Å². The van der Waals surface area contributed by atoms with Crippen LogP contribution in [-0.2, 0) is 0 Å². The fourth-order valence-electron chi connectivity index (χ4n) is 2.25. The van der Waals surface area contributed by atoms with Crippen molar-refractivity contribution in [3.05, 3.63) is 57.9 Å². The number of benzene rings is 2. The number of amides is 1. The van der Waals surface area contributed by atoms with E-state index in [1.54, 1.807) is 0 Å². The van der Waals surface area contributed by atoms with Gasteiger partial charge in [-0.05, 0) is 37.1 Å². The van der Waals surface area contributed by atoms with Crippen LogP contribution >= 0.6 is 0 Å². The molecule has 2 aromatic rings. The van der Waals surface area contributed by atoms with E-state index < -0.39 is 16.6 Å². The highest BCUT2D eigenvalue weighted by Crippen LogP contribution is 2.38. The number of rotatable bonds is 9. The Labute approximate surface area is 156 Å². The molecule has 0 aliphatic rings. The zero-order valence-electron chi connectivity index (χ0n) is 15.2. The fraction of sp³-hybridized carbons (Fsp3) is 0.316. The third-order valence-electron chi connectivity index (χ3n) is 3.54. The predicted octanol–water partition coefficient (Wildman–Crippen LogP) is 4.56. The molecule has 0 unspecified atom stereocenters. The van der Waals surface area contributed by atoms with Gasteiger partial charge in [0.2, 0.25) is 0 Å². The molecule has 27 heavy (non-hydrogen) atoms. The number of ether oxygens (including phenoxy) is 2. The van der Waals surface area contributed by atoms with E-state index in [1.165, 1.54) is 24.3 Å². The van der Waals surface area contributed by atoms with E-state index in [-0.39, 0.29) is 22.7 Å². The molecule has 0 atom stereocenters. The van der Waals surface area contributed by atoms with Crippen molar-refractivity contribution in [2.24, 2.45) is 0 Å². The molecule has 1 N–H and O–H groups in total. The molecule has 0 heterocycles. The molecule has 0 saturated heterocycles. The Bertz CT molecular complexity index is 808. The summed E-state index contributed by atoms with van der Waals surface area (Å²) in [5.74, 6) is -0.519. The van der Waals surface area contributed by atoms with Crippen molar-refractivity contribution in [2.75, 3.05) is 18.5 Å². The van der Waals surface area contributed by atoms with Gasteiger partial charge in [0.15, 0.2) is 11.5 Å². The molecule has 0 aliphatic heterocycles. The van der Waals surface area contributed by atoms with E-state index in [2.05, 4.69) is 5.32 Å². The third kappa shape index (κ3) is 5.40. The van der Waals surface area contributed by atoms with Gasteiger partial charge in [0, 0.05) is 11.6 Å². The molecule has 8 heteroatoms. The molecule has 0 fully saturated rings. The van der Waals surface area contributed by atoms with Gasteiger partial charge in [0.05, 0.1) is 24.2 Å². The number of halogens is 1. The summed E-state index contributed by atoms with van der Waals surface area (Å²) in [5.41, 5.74) is -0.169. The highest BCUT2D eigenvalue weighted by atomic mass is 19.1. The Hall–Kier alpha value is -3.16. The molecular weight excluding hydrogens is 355 g/mol. The highest BCUT2D eigenvalue weighted by molar-refractivity contribution is 6.05. The van der Waals surface area contributed by atoms with Crippen LogP contribution in [0.5, 0.6) is 11.5 Å². The van der Waals surface area contributed by atoms with Crippen LogP contribution in [0.1, 0.15) is 37.0 Å². The van der Waals surface area contributed by atoms with Gasteiger partial charge in [-0.15, -0.1) is 0 Å². The van der Waals surface area contributed by atoms with E-state index in [0.717, 1.165) is 25.0 Å². The molecule has 144 valence electrons. The van der Waals surface area contributed by atoms with Crippen LogP contribution < -0.4 is 14.8 Å². The molecule has 2 rings (SSSR count). The van der Waals surface area contributed by atoms with E-state index >= 15 is 0 Å². The van der Waals surface area contributed by atoms with Crippen LogP contribution in [0, 0.1) is 15.9 Å². The summed E-state index contributed by atoms with van der Waals surface area (Å²) in [6.07, 6.45) is 1.46. The molecule has 2 aromatic carbocycles. The lowest BCUT2D eigenvalue weighted by Crippen LogP contribution is -2.14. The topological polar surface area (TPSA) is 90.7 Å². The summed E-state index contributed by atoms with van der Waals surface area (Å²) in [5, 5.41) is 13.9. The van der Waals surface area contributed by atoms with Crippen molar-refractivity contribution in [2.45, 2.75) is 26.7 Å². The summed E-state index contributed by atoms with van der Waals surface area (Å²) in [6.45, 7) is 4.61. The number of nitrogens with zero attached hydrogens (tertiary/aromatic N) is 1. The minimum atomic E-state index is -0.608. The lowest BCUT2D eigenvalue weighted by atomic mass is 10.2. The number of carbonyl (C=O) groups excluding carboxylic acids is 1. The van der Waals surface area contributed by atoms with Crippen molar-refractivity contribution < 1.29 is 23.6 Å². The first-order chi connectivity index (χ1) is 13.0. The monoisotopic (exact) mass is 376 g/mol. The number of anilines is 1. The highest BCUT2D eigenvalue weighted by Gasteiger charge is 2.22. The first kappa shape index (κ1) is 20.2. The summed E-state index contributed by atoms with van der Waals surface area (Å²) >= 11 is 0. The molecule has 7 nitrogen and oxygen atoms in total. The zero-order chi connectivity index (χ0) is 19.8. The number of hydrogen-bond acceptors (Lipinski definition) is 5. The van der Waals surface area contributed by atoms with Crippen LogP contribution in [-0.4, -0.2) is 24.0 Å². The second kappa shape index (κ2) is 9.51. The van der Waals surface area contributed by atoms with Gasteiger partial charge in [-0.3, -0.25) is 14.9 Å². The lowest BCUT2D eigenvalue weighted by Gasteiger charge is -2.14. The second-order valence-electron chi connectivity index (χ2n) is 5.73. The van der Waals surface area contributed by atoms with Crippen LogP contribution in [0.25, 0.3) is 0 Å². The van der Waals surface area contributed by atoms with Gasteiger partial charge < -0.3 is 14.8 Å². The minimum Gasteiger partial charge on any atom is -0.490 e. The normalized spacial score (nSPS) is 10.3. The van der Waals surface area contributed by atoms with Gasteiger partial charge in [0.1, 0.15) is 11.5 Å². The summed E-state index contributed by atoms with van der Waals surface area (Å²) in [6, 6.07) is 7.48. The molecule has 0 aliphatic carbocycles. The number of nitro benzene ring substituents is 1. The summed E-state index contributed by atoms with van der Waals surface area (Å²) < 4.78 is 24.2. The molecule has 0 bridgehead atoms. The van der Waals surface area contributed by atoms with Crippen molar-refractivity contribution in [3.8, 4) is 11.5 Å².